The fourth-order valence-electron chi connectivity index (χ4n) is 2.22. The molecule has 21 heavy (non-hydrogen) atoms. The van der Waals surface area contributed by atoms with Gasteiger partial charge >= 0.3 is 5.97 Å². The Balaban J connectivity index is 2.67. The van der Waals surface area contributed by atoms with Crippen molar-refractivity contribution >= 4 is 38.9 Å². The Morgan fingerprint density at radius 2 is 2.05 bits per heavy atom. The Morgan fingerprint density at radius 3 is 2.57 bits per heavy atom. The predicted octanol–water partition coefficient (Wildman–Crippen LogP) is 4.98. The zero-order valence-electron chi connectivity index (χ0n) is 12.5. The molecule has 1 aromatic carbocycles. The zero-order valence-corrected chi connectivity index (χ0v) is 14.9. The zero-order chi connectivity index (χ0) is 15.7. The summed E-state index contributed by atoms with van der Waals surface area (Å²) < 4.78 is 5.87. The van der Waals surface area contributed by atoms with Gasteiger partial charge in [-0.2, -0.15) is 0 Å². The molecule has 0 bridgehead atoms. The number of hydrogen-bond donors (Lipinski definition) is 1. The molecule has 2 rings (SSSR count). The van der Waals surface area contributed by atoms with Crippen LogP contribution in [0.1, 0.15) is 40.6 Å². The molecule has 0 aliphatic carbocycles. The lowest BCUT2D eigenvalue weighted by molar-refractivity contribution is 0.0607. The standard InChI is InChI=1S/C16H18BrNO2S/c1-8(2)12-13(18)15(16(19)20-4)21-14(12)10-6-5-9(3)11(17)7-10/h5-8H,18H2,1-4H3. The molecule has 0 saturated heterocycles. The highest BCUT2D eigenvalue weighted by molar-refractivity contribution is 9.10. The van der Waals surface area contributed by atoms with Gasteiger partial charge < -0.3 is 10.5 Å². The SMILES string of the molecule is COC(=O)c1sc(-c2ccc(C)c(Br)c2)c(C(C)C)c1N. The molecular formula is C16H18BrNO2S. The molecule has 112 valence electrons. The van der Waals surface area contributed by atoms with E-state index in [1.165, 1.54) is 24.0 Å². The van der Waals surface area contributed by atoms with Crippen LogP contribution in [0.15, 0.2) is 22.7 Å². The first-order chi connectivity index (χ1) is 9.86. The number of carbonyl (C=O) groups is 1. The van der Waals surface area contributed by atoms with Gasteiger partial charge in [0.2, 0.25) is 0 Å². The van der Waals surface area contributed by atoms with E-state index >= 15 is 0 Å². The molecule has 2 N–H and O–H groups in total. The highest BCUT2D eigenvalue weighted by Crippen LogP contribution is 2.43. The summed E-state index contributed by atoms with van der Waals surface area (Å²) in [5, 5.41) is 0. The van der Waals surface area contributed by atoms with Crippen molar-refractivity contribution in [2.24, 2.45) is 0 Å². The molecular weight excluding hydrogens is 350 g/mol. The van der Waals surface area contributed by atoms with Gasteiger partial charge in [-0.15, -0.1) is 11.3 Å². The van der Waals surface area contributed by atoms with Crippen molar-refractivity contribution in [3.05, 3.63) is 38.7 Å². The number of carbonyl (C=O) groups excluding carboxylic acids is 1. The quantitative estimate of drug-likeness (QED) is 0.778. The number of hydrogen-bond acceptors (Lipinski definition) is 4. The van der Waals surface area contributed by atoms with Crippen molar-refractivity contribution in [3.63, 3.8) is 0 Å². The lowest BCUT2D eigenvalue weighted by Crippen LogP contribution is -2.03. The number of anilines is 1. The third-order valence-electron chi connectivity index (χ3n) is 3.37. The first kappa shape index (κ1) is 16.0. The summed E-state index contributed by atoms with van der Waals surface area (Å²) in [4.78, 5) is 13.4. The molecule has 2 aromatic rings. The normalized spacial score (nSPS) is 11.0. The number of benzene rings is 1. The average molecular weight is 368 g/mol. The molecule has 3 nitrogen and oxygen atoms in total. The maximum atomic E-state index is 11.9. The summed E-state index contributed by atoms with van der Waals surface area (Å²) in [5.41, 5.74) is 9.96. The van der Waals surface area contributed by atoms with Crippen molar-refractivity contribution in [1.29, 1.82) is 0 Å². The molecule has 0 aliphatic rings. The fourth-order valence-corrected chi connectivity index (χ4v) is 3.89. The van der Waals surface area contributed by atoms with Gasteiger partial charge in [0, 0.05) is 9.35 Å². The summed E-state index contributed by atoms with van der Waals surface area (Å²) in [7, 11) is 1.37. The van der Waals surface area contributed by atoms with Gasteiger partial charge in [-0.05, 0) is 35.6 Å². The molecule has 0 amide bonds. The molecule has 0 saturated carbocycles. The number of methoxy groups -OCH3 is 1. The number of aryl methyl sites for hydroxylation is 1. The second kappa shape index (κ2) is 6.20. The molecule has 0 fully saturated rings. The summed E-state index contributed by atoms with van der Waals surface area (Å²) in [6, 6.07) is 6.17. The van der Waals surface area contributed by atoms with E-state index in [-0.39, 0.29) is 11.9 Å². The van der Waals surface area contributed by atoms with Crippen LogP contribution < -0.4 is 5.73 Å². The number of nitrogens with two attached hydrogens (primary N) is 1. The molecule has 0 unspecified atom stereocenters. The van der Waals surface area contributed by atoms with Crippen LogP contribution in [0.5, 0.6) is 0 Å². The number of nitrogen functional groups attached to an aromatic ring is 1. The van der Waals surface area contributed by atoms with Crippen molar-refractivity contribution in [3.8, 4) is 10.4 Å². The molecule has 1 aromatic heterocycles. The summed E-state index contributed by atoms with van der Waals surface area (Å²) in [6.07, 6.45) is 0. The summed E-state index contributed by atoms with van der Waals surface area (Å²) in [6.45, 7) is 6.19. The molecule has 0 aliphatic heterocycles. The van der Waals surface area contributed by atoms with Crippen LogP contribution in [0.2, 0.25) is 0 Å². The van der Waals surface area contributed by atoms with Crippen LogP contribution in [-0.2, 0) is 4.74 Å². The van der Waals surface area contributed by atoms with Crippen molar-refractivity contribution in [2.45, 2.75) is 26.7 Å². The largest absolute Gasteiger partial charge is 0.465 e. The van der Waals surface area contributed by atoms with Crippen LogP contribution in [0, 0.1) is 6.92 Å². The van der Waals surface area contributed by atoms with E-state index in [0.29, 0.717) is 10.6 Å². The smallest absolute Gasteiger partial charge is 0.350 e. The van der Waals surface area contributed by atoms with E-state index in [1.807, 2.05) is 6.92 Å². The van der Waals surface area contributed by atoms with Crippen LogP contribution in [0.4, 0.5) is 5.69 Å². The summed E-state index contributed by atoms with van der Waals surface area (Å²) >= 11 is 4.95. The predicted molar refractivity (Wildman–Crippen MR) is 92.0 cm³/mol. The van der Waals surface area contributed by atoms with Gasteiger partial charge in [0.05, 0.1) is 12.8 Å². The highest BCUT2D eigenvalue weighted by Gasteiger charge is 2.24. The lowest BCUT2D eigenvalue weighted by atomic mass is 9.98. The monoisotopic (exact) mass is 367 g/mol. The first-order valence-electron chi connectivity index (χ1n) is 6.63. The maximum Gasteiger partial charge on any atom is 0.350 e. The molecule has 0 spiro atoms. The topological polar surface area (TPSA) is 52.3 Å². The summed E-state index contributed by atoms with van der Waals surface area (Å²) in [5.74, 6) is -0.147. The van der Waals surface area contributed by atoms with Gasteiger partial charge in [0.15, 0.2) is 0 Å². The molecule has 5 heteroatoms. The third-order valence-corrected chi connectivity index (χ3v) is 5.47. The second-order valence-electron chi connectivity index (χ2n) is 5.20. The number of ether oxygens (including phenoxy) is 1. The number of halogens is 1. The van der Waals surface area contributed by atoms with Gasteiger partial charge in [0.25, 0.3) is 0 Å². The van der Waals surface area contributed by atoms with E-state index in [4.69, 9.17) is 10.5 Å². The van der Waals surface area contributed by atoms with Gasteiger partial charge in [-0.1, -0.05) is 41.9 Å². The van der Waals surface area contributed by atoms with Gasteiger partial charge in [0.1, 0.15) is 4.88 Å². The van der Waals surface area contributed by atoms with Crippen LogP contribution in [-0.4, -0.2) is 13.1 Å². The molecule has 0 atom stereocenters. The van der Waals surface area contributed by atoms with E-state index in [1.54, 1.807) is 0 Å². The van der Waals surface area contributed by atoms with Crippen molar-refractivity contribution < 1.29 is 9.53 Å². The van der Waals surface area contributed by atoms with Gasteiger partial charge in [-0.25, -0.2) is 4.79 Å². The fraction of sp³-hybridized carbons (Fsp3) is 0.312. The number of rotatable bonds is 3. The van der Waals surface area contributed by atoms with E-state index in [0.717, 1.165) is 20.5 Å². The van der Waals surface area contributed by atoms with Crippen LogP contribution in [0.3, 0.4) is 0 Å². The second-order valence-corrected chi connectivity index (χ2v) is 7.07. The Labute approximate surface area is 137 Å². The van der Waals surface area contributed by atoms with E-state index in [2.05, 4.69) is 48.0 Å². The Morgan fingerprint density at radius 1 is 1.38 bits per heavy atom. The minimum absolute atomic E-state index is 0.231. The Bertz CT molecular complexity index is 692. The van der Waals surface area contributed by atoms with Crippen molar-refractivity contribution in [1.82, 2.24) is 0 Å². The Hall–Kier alpha value is -1.33. The lowest BCUT2D eigenvalue weighted by Gasteiger charge is -2.10. The first-order valence-corrected chi connectivity index (χ1v) is 8.24. The van der Waals surface area contributed by atoms with Crippen LogP contribution in [0.25, 0.3) is 10.4 Å². The highest BCUT2D eigenvalue weighted by atomic mass is 79.9. The minimum Gasteiger partial charge on any atom is -0.465 e. The van der Waals surface area contributed by atoms with Gasteiger partial charge in [-0.3, -0.25) is 0 Å². The Kier molecular flexibility index (Phi) is 4.74. The minimum atomic E-state index is -0.378. The number of esters is 1. The maximum absolute atomic E-state index is 11.9. The van der Waals surface area contributed by atoms with E-state index < -0.39 is 0 Å². The third kappa shape index (κ3) is 2.99. The van der Waals surface area contributed by atoms with Crippen molar-refractivity contribution in [2.75, 3.05) is 12.8 Å². The van der Waals surface area contributed by atoms with Crippen LogP contribution >= 0.6 is 27.3 Å². The molecule has 0 radical (unpaired) electrons. The van der Waals surface area contributed by atoms with E-state index in [9.17, 15) is 4.79 Å². The average Bonchev–Trinajstić information content (AvgIpc) is 2.78. The molecule has 1 heterocycles. The number of thiophene rings is 1.